The van der Waals surface area contributed by atoms with Crippen molar-refractivity contribution in [3.05, 3.63) is 99.4 Å². The van der Waals surface area contributed by atoms with E-state index in [2.05, 4.69) is 4.98 Å². The molecule has 2 aromatic heterocycles. The molecule has 1 unspecified atom stereocenters. The van der Waals surface area contributed by atoms with Crippen molar-refractivity contribution in [2.24, 2.45) is 0 Å². The number of hydrogen-bond acceptors (Lipinski definition) is 5. The zero-order valence-electron chi connectivity index (χ0n) is 16.9. The summed E-state index contributed by atoms with van der Waals surface area (Å²) in [5, 5.41) is 0. The Bertz CT molecular complexity index is 1060. The van der Waals surface area contributed by atoms with Gasteiger partial charge in [0.15, 0.2) is 0 Å². The molecule has 1 saturated heterocycles. The van der Waals surface area contributed by atoms with Crippen molar-refractivity contribution in [2.45, 2.75) is 25.9 Å². The monoisotopic (exact) mass is 404 g/mol. The Labute approximate surface area is 175 Å². The number of amides is 1. The zero-order chi connectivity index (χ0) is 20.9. The van der Waals surface area contributed by atoms with Gasteiger partial charge in [-0.05, 0) is 36.6 Å². The second kappa shape index (κ2) is 9.05. The molecule has 0 aliphatic carbocycles. The van der Waals surface area contributed by atoms with Gasteiger partial charge in [0.2, 0.25) is 0 Å². The number of aromatic nitrogens is 1. The molecule has 0 radical (unpaired) electrons. The van der Waals surface area contributed by atoms with E-state index < -0.39 is 5.63 Å². The quantitative estimate of drug-likeness (QED) is 0.652. The number of morpholine rings is 1. The summed E-state index contributed by atoms with van der Waals surface area (Å²) in [5.41, 5.74) is 2.25. The summed E-state index contributed by atoms with van der Waals surface area (Å²) in [6.45, 7) is 3.00. The summed E-state index contributed by atoms with van der Waals surface area (Å²) in [6, 6.07) is 15.6. The normalized spacial score (nSPS) is 16.4. The van der Waals surface area contributed by atoms with Crippen LogP contribution in [0.2, 0.25) is 0 Å². The SMILES string of the molecule is Cc1cc(CCc2ccccc2)oc(=O)c1C(=O)N1CCOC(c2cccnc2)C1. The molecule has 4 rings (SSSR count). The summed E-state index contributed by atoms with van der Waals surface area (Å²) in [7, 11) is 0. The lowest BCUT2D eigenvalue weighted by atomic mass is 10.0. The molecule has 0 spiro atoms. The van der Waals surface area contributed by atoms with Crippen molar-refractivity contribution in [3.63, 3.8) is 0 Å². The van der Waals surface area contributed by atoms with Crippen LogP contribution in [-0.4, -0.2) is 35.5 Å². The van der Waals surface area contributed by atoms with Crippen LogP contribution in [0.15, 0.2) is 70.1 Å². The molecule has 0 bridgehead atoms. The van der Waals surface area contributed by atoms with Crippen molar-refractivity contribution in [2.75, 3.05) is 19.7 Å². The number of hydrogen-bond donors (Lipinski definition) is 0. The van der Waals surface area contributed by atoms with E-state index in [1.165, 1.54) is 5.56 Å². The fourth-order valence-corrected chi connectivity index (χ4v) is 3.73. The minimum atomic E-state index is -0.576. The number of pyridine rings is 1. The van der Waals surface area contributed by atoms with E-state index in [4.69, 9.17) is 9.15 Å². The van der Waals surface area contributed by atoms with E-state index in [1.807, 2.05) is 42.5 Å². The van der Waals surface area contributed by atoms with Crippen molar-refractivity contribution < 1.29 is 13.9 Å². The van der Waals surface area contributed by atoms with Crippen LogP contribution in [0.1, 0.15) is 38.9 Å². The molecule has 6 nitrogen and oxygen atoms in total. The van der Waals surface area contributed by atoms with Gasteiger partial charge in [0, 0.05) is 30.9 Å². The first kappa shape index (κ1) is 20.0. The summed E-state index contributed by atoms with van der Waals surface area (Å²) >= 11 is 0. The molecular weight excluding hydrogens is 380 g/mol. The van der Waals surface area contributed by atoms with Crippen LogP contribution in [-0.2, 0) is 17.6 Å². The fraction of sp³-hybridized carbons (Fsp3) is 0.292. The molecule has 0 N–H and O–H groups in total. The zero-order valence-corrected chi connectivity index (χ0v) is 16.9. The van der Waals surface area contributed by atoms with E-state index >= 15 is 0 Å². The Balaban J connectivity index is 1.49. The van der Waals surface area contributed by atoms with Crippen molar-refractivity contribution in [1.29, 1.82) is 0 Å². The Kier molecular flexibility index (Phi) is 6.05. The Morgan fingerprint density at radius 1 is 1.17 bits per heavy atom. The number of aryl methyl sites for hydroxylation is 3. The van der Waals surface area contributed by atoms with Gasteiger partial charge in [-0.1, -0.05) is 36.4 Å². The lowest BCUT2D eigenvalue weighted by molar-refractivity contribution is -0.0231. The molecule has 1 aliphatic rings. The molecule has 1 aliphatic heterocycles. The first-order chi connectivity index (χ1) is 14.6. The third kappa shape index (κ3) is 4.49. The predicted molar refractivity (Wildman–Crippen MR) is 112 cm³/mol. The molecule has 6 heteroatoms. The summed E-state index contributed by atoms with van der Waals surface area (Å²) < 4.78 is 11.3. The smallest absolute Gasteiger partial charge is 0.349 e. The highest BCUT2D eigenvalue weighted by Gasteiger charge is 2.29. The van der Waals surface area contributed by atoms with Gasteiger partial charge in [-0.25, -0.2) is 4.79 Å². The first-order valence-corrected chi connectivity index (χ1v) is 10.1. The summed E-state index contributed by atoms with van der Waals surface area (Å²) in [5.74, 6) is 0.279. The van der Waals surface area contributed by atoms with E-state index in [-0.39, 0.29) is 17.6 Å². The highest BCUT2D eigenvalue weighted by atomic mass is 16.5. The fourth-order valence-electron chi connectivity index (χ4n) is 3.73. The van der Waals surface area contributed by atoms with Gasteiger partial charge in [-0.3, -0.25) is 9.78 Å². The number of benzene rings is 1. The second-order valence-electron chi connectivity index (χ2n) is 7.44. The van der Waals surface area contributed by atoms with Crippen molar-refractivity contribution in [1.82, 2.24) is 9.88 Å². The first-order valence-electron chi connectivity index (χ1n) is 10.1. The molecule has 30 heavy (non-hydrogen) atoms. The van der Waals surface area contributed by atoms with Crippen LogP contribution in [0.4, 0.5) is 0 Å². The van der Waals surface area contributed by atoms with Gasteiger partial charge in [-0.2, -0.15) is 0 Å². The minimum Gasteiger partial charge on any atom is -0.427 e. The molecule has 1 atom stereocenters. The molecule has 1 fully saturated rings. The molecule has 3 heterocycles. The van der Waals surface area contributed by atoms with E-state index in [0.29, 0.717) is 37.4 Å². The van der Waals surface area contributed by atoms with Gasteiger partial charge in [0.25, 0.3) is 5.91 Å². The van der Waals surface area contributed by atoms with Crippen LogP contribution in [0, 0.1) is 6.92 Å². The van der Waals surface area contributed by atoms with E-state index in [1.54, 1.807) is 30.3 Å². The maximum atomic E-state index is 13.1. The average Bonchev–Trinajstić information content (AvgIpc) is 2.78. The maximum absolute atomic E-state index is 13.1. The third-order valence-corrected chi connectivity index (χ3v) is 5.33. The number of nitrogens with zero attached hydrogens (tertiary/aromatic N) is 2. The van der Waals surface area contributed by atoms with Crippen molar-refractivity contribution >= 4 is 5.91 Å². The maximum Gasteiger partial charge on any atom is 0.349 e. The van der Waals surface area contributed by atoms with Crippen LogP contribution >= 0.6 is 0 Å². The molecular formula is C24H24N2O4. The van der Waals surface area contributed by atoms with Gasteiger partial charge >= 0.3 is 5.63 Å². The van der Waals surface area contributed by atoms with Gasteiger partial charge in [0.05, 0.1) is 13.2 Å². The number of carbonyl (C=O) groups excluding carboxylic acids is 1. The van der Waals surface area contributed by atoms with Gasteiger partial charge in [0.1, 0.15) is 17.4 Å². The minimum absolute atomic E-state index is 0.102. The number of rotatable bonds is 5. The van der Waals surface area contributed by atoms with Gasteiger partial charge < -0.3 is 14.1 Å². The van der Waals surface area contributed by atoms with Crippen LogP contribution < -0.4 is 5.63 Å². The summed E-state index contributed by atoms with van der Waals surface area (Å²) in [4.78, 5) is 31.5. The van der Waals surface area contributed by atoms with Crippen LogP contribution in [0.5, 0.6) is 0 Å². The largest absolute Gasteiger partial charge is 0.427 e. The molecule has 1 amide bonds. The number of carbonyl (C=O) groups is 1. The molecule has 1 aromatic carbocycles. The van der Waals surface area contributed by atoms with Crippen LogP contribution in [0.25, 0.3) is 0 Å². The molecule has 0 saturated carbocycles. The standard InChI is InChI=1S/C24H24N2O4/c1-17-14-20(10-9-18-6-3-2-4-7-18)30-24(28)22(17)23(27)26-12-13-29-21(16-26)19-8-5-11-25-15-19/h2-8,11,14-15,21H,9-10,12-13,16H2,1H3. The number of ether oxygens (including phenoxy) is 1. The topological polar surface area (TPSA) is 72.6 Å². The summed E-state index contributed by atoms with van der Waals surface area (Å²) in [6.07, 6.45) is 4.55. The van der Waals surface area contributed by atoms with Crippen LogP contribution in [0.3, 0.4) is 0 Å². The Hall–Kier alpha value is -3.25. The third-order valence-electron chi connectivity index (χ3n) is 5.33. The van der Waals surface area contributed by atoms with Crippen molar-refractivity contribution in [3.8, 4) is 0 Å². The van der Waals surface area contributed by atoms with Gasteiger partial charge in [-0.15, -0.1) is 0 Å². The second-order valence-corrected chi connectivity index (χ2v) is 7.44. The Morgan fingerprint density at radius 2 is 2.00 bits per heavy atom. The predicted octanol–water partition coefficient (Wildman–Crippen LogP) is 3.34. The average molecular weight is 404 g/mol. The lowest BCUT2D eigenvalue weighted by Crippen LogP contribution is -2.44. The molecule has 154 valence electrons. The van der Waals surface area contributed by atoms with E-state index in [0.717, 1.165) is 12.0 Å². The Morgan fingerprint density at radius 3 is 2.73 bits per heavy atom. The highest BCUT2D eigenvalue weighted by molar-refractivity contribution is 5.95. The lowest BCUT2D eigenvalue weighted by Gasteiger charge is -2.33. The van der Waals surface area contributed by atoms with E-state index in [9.17, 15) is 9.59 Å². The highest BCUT2D eigenvalue weighted by Crippen LogP contribution is 2.23. The molecule has 3 aromatic rings.